The van der Waals surface area contributed by atoms with Crippen molar-refractivity contribution in [2.75, 3.05) is 0 Å². The van der Waals surface area contributed by atoms with Crippen molar-refractivity contribution in [2.45, 2.75) is 44.6 Å². The number of hydrogen-bond donors (Lipinski definition) is 0. The predicted molar refractivity (Wildman–Crippen MR) is 51.2 cm³/mol. The molecule has 0 unspecified atom stereocenters. The minimum Gasteiger partial charge on any atom is -0.351 e. The Bertz CT molecular complexity index is 205. The van der Waals surface area contributed by atoms with Crippen molar-refractivity contribution >= 4 is 0 Å². The van der Waals surface area contributed by atoms with E-state index in [4.69, 9.17) is 0 Å². The molecular formula is C11H17N. The second-order valence-corrected chi connectivity index (χ2v) is 3.78. The molecule has 1 aromatic rings. The Morgan fingerprint density at radius 3 is 2.00 bits per heavy atom. The Morgan fingerprint density at radius 2 is 1.42 bits per heavy atom. The van der Waals surface area contributed by atoms with Crippen LogP contribution in [0, 0.1) is 0 Å². The molecule has 0 amide bonds. The van der Waals surface area contributed by atoms with E-state index in [1.807, 2.05) is 0 Å². The van der Waals surface area contributed by atoms with Gasteiger partial charge in [0.2, 0.25) is 0 Å². The molecule has 66 valence electrons. The average molecular weight is 163 g/mol. The molecule has 1 heterocycles. The third-order valence-electron chi connectivity index (χ3n) is 2.87. The zero-order valence-electron chi connectivity index (χ0n) is 7.58. The lowest BCUT2D eigenvalue weighted by atomic mass is 10.1. The van der Waals surface area contributed by atoms with Crippen molar-refractivity contribution in [3.05, 3.63) is 24.5 Å². The maximum Gasteiger partial charge on any atom is 0.0330 e. The molecule has 2 rings (SSSR count). The van der Waals surface area contributed by atoms with Crippen LogP contribution in [0.1, 0.15) is 44.6 Å². The molecule has 1 nitrogen and oxygen atoms in total. The molecule has 0 radical (unpaired) electrons. The lowest BCUT2D eigenvalue weighted by Gasteiger charge is -2.15. The van der Waals surface area contributed by atoms with Crippen molar-refractivity contribution in [1.82, 2.24) is 4.57 Å². The van der Waals surface area contributed by atoms with Crippen LogP contribution < -0.4 is 0 Å². The Hall–Kier alpha value is -0.720. The normalized spacial score (nSPS) is 20.7. The third-order valence-corrected chi connectivity index (χ3v) is 2.87. The first-order valence-electron chi connectivity index (χ1n) is 5.09. The zero-order chi connectivity index (χ0) is 8.23. The molecule has 1 aliphatic carbocycles. The number of aromatic nitrogens is 1. The molecule has 1 aliphatic rings. The summed E-state index contributed by atoms with van der Waals surface area (Å²) in [4.78, 5) is 0. The van der Waals surface area contributed by atoms with E-state index < -0.39 is 0 Å². The van der Waals surface area contributed by atoms with Gasteiger partial charge in [0.15, 0.2) is 0 Å². The van der Waals surface area contributed by atoms with Gasteiger partial charge in [-0.2, -0.15) is 0 Å². The first kappa shape index (κ1) is 7.90. The third kappa shape index (κ3) is 1.71. The van der Waals surface area contributed by atoms with Gasteiger partial charge in [0.25, 0.3) is 0 Å². The summed E-state index contributed by atoms with van der Waals surface area (Å²) in [6.45, 7) is 0. The van der Waals surface area contributed by atoms with Crippen LogP contribution in [0.25, 0.3) is 0 Å². The smallest absolute Gasteiger partial charge is 0.0330 e. The molecule has 0 aliphatic heterocycles. The van der Waals surface area contributed by atoms with E-state index in [1.54, 1.807) is 0 Å². The fourth-order valence-electron chi connectivity index (χ4n) is 2.15. The van der Waals surface area contributed by atoms with Gasteiger partial charge in [-0.1, -0.05) is 25.7 Å². The fraction of sp³-hybridized carbons (Fsp3) is 0.636. The second-order valence-electron chi connectivity index (χ2n) is 3.78. The van der Waals surface area contributed by atoms with Crippen LogP contribution in [0.5, 0.6) is 0 Å². The van der Waals surface area contributed by atoms with Crippen LogP contribution in [0.15, 0.2) is 24.5 Å². The summed E-state index contributed by atoms with van der Waals surface area (Å²) < 4.78 is 2.38. The van der Waals surface area contributed by atoms with E-state index in [1.165, 1.54) is 38.5 Å². The number of rotatable bonds is 1. The highest BCUT2D eigenvalue weighted by atomic mass is 15.0. The van der Waals surface area contributed by atoms with Crippen molar-refractivity contribution in [3.63, 3.8) is 0 Å². The minimum atomic E-state index is 0.794. The van der Waals surface area contributed by atoms with Gasteiger partial charge >= 0.3 is 0 Å². The standard InChI is InChI=1S/C11H17N/c1-2-4-8-11(7-3-1)12-9-5-6-10-12/h5-6,9-11H,1-4,7-8H2. The SMILES string of the molecule is c1ccn(C2CCCCCC2)c1. The summed E-state index contributed by atoms with van der Waals surface area (Å²) in [5.41, 5.74) is 0. The summed E-state index contributed by atoms with van der Waals surface area (Å²) in [6, 6.07) is 5.05. The van der Waals surface area contributed by atoms with Crippen LogP contribution in [-0.4, -0.2) is 4.57 Å². The van der Waals surface area contributed by atoms with Crippen LogP contribution in [0.2, 0.25) is 0 Å². The van der Waals surface area contributed by atoms with Crippen LogP contribution in [-0.2, 0) is 0 Å². The Balaban J connectivity index is 2.02. The zero-order valence-corrected chi connectivity index (χ0v) is 7.58. The molecule has 1 fully saturated rings. The summed E-state index contributed by atoms with van der Waals surface area (Å²) in [5.74, 6) is 0. The van der Waals surface area contributed by atoms with E-state index in [0.29, 0.717) is 0 Å². The molecule has 12 heavy (non-hydrogen) atoms. The van der Waals surface area contributed by atoms with Gasteiger partial charge in [0, 0.05) is 18.4 Å². The van der Waals surface area contributed by atoms with E-state index in [9.17, 15) is 0 Å². The van der Waals surface area contributed by atoms with Gasteiger partial charge in [-0.25, -0.2) is 0 Å². The second kappa shape index (κ2) is 3.79. The Kier molecular flexibility index (Phi) is 2.50. The Labute approximate surface area is 74.4 Å². The van der Waals surface area contributed by atoms with E-state index in [0.717, 1.165) is 6.04 Å². The largest absolute Gasteiger partial charge is 0.351 e. The van der Waals surface area contributed by atoms with Crippen molar-refractivity contribution < 1.29 is 0 Å². The molecule has 0 aromatic carbocycles. The van der Waals surface area contributed by atoms with Gasteiger partial charge in [0.1, 0.15) is 0 Å². The van der Waals surface area contributed by atoms with Crippen molar-refractivity contribution in [2.24, 2.45) is 0 Å². The molecule has 0 saturated heterocycles. The minimum absolute atomic E-state index is 0.794. The maximum absolute atomic E-state index is 2.38. The number of hydrogen-bond acceptors (Lipinski definition) is 0. The predicted octanol–water partition coefficient (Wildman–Crippen LogP) is 3.38. The number of nitrogens with zero attached hydrogens (tertiary/aromatic N) is 1. The maximum atomic E-state index is 2.38. The molecule has 0 N–H and O–H groups in total. The summed E-state index contributed by atoms with van der Waals surface area (Å²) >= 11 is 0. The van der Waals surface area contributed by atoms with Gasteiger partial charge in [0.05, 0.1) is 0 Å². The van der Waals surface area contributed by atoms with Gasteiger partial charge < -0.3 is 4.57 Å². The fourth-order valence-corrected chi connectivity index (χ4v) is 2.15. The average Bonchev–Trinajstić information content (AvgIpc) is 2.48. The topological polar surface area (TPSA) is 4.93 Å². The quantitative estimate of drug-likeness (QED) is 0.559. The molecule has 1 aromatic heterocycles. The van der Waals surface area contributed by atoms with Gasteiger partial charge in [-0.15, -0.1) is 0 Å². The highest BCUT2D eigenvalue weighted by Gasteiger charge is 2.11. The summed E-state index contributed by atoms with van der Waals surface area (Å²) in [5, 5.41) is 0. The first-order chi connectivity index (χ1) is 5.97. The lowest BCUT2D eigenvalue weighted by Crippen LogP contribution is -2.04. The van der Waals surface area contributed by atoms with Crippen LogP contribution in [0.4, 0.5) is 0 Å². The van der Waals surface area contributed by atoms with E-state index >= 15 is 0 Å². The first-order valence-corrected chi connectivity index (χ1v) is 5.09. The lowest BCUT2D eigenvalue weighted by molar-refractivity contribution is 0.445. The molecule has 1 heteroatoms. The molecule has 0 spiro atoms. The summed E-state index contributed by atoms with van der Waals surface area (Å²) in [7, 11) is 0. The molecule has 1 saturated carbocycles. The molecule has 0 atom stereocenters. The van der Waals surface area contributed by atoms with Crippen molar-refractivity contribution in [1.29, 1.82) is 0 Å². The Morgan fingerprint density at radius 1 is 0.833 bits per heavy atom. The van der Waals surface area contributed by atoms with E-state index in [2.05, 4.69) is 29.1 Å². The monoisotopic (exact) mass is 163 g/mol. The van der Waals surface area contributed by atoms with Crippen LogP contribution in [0.3, 0.4) is 0 Å². The molecular weight excluding hydrogens is 146 g/mol. The highest BCUT2D eigenvalue weighted by molar-refractivity contribution is 4.93. The van der Waals surface area contributed by atoms with Crippen LogP contribution >= 0.6 is 0 Å². The van der Waals surface area contributed by atoms with Gasteiger partial charge in [-0.05, 0) is 25.0 Å². The highest BCUT2D eigenvalue weighted by Crippen LogP contribution is 2.26. The summed E-state index contributed by atoms with van der Waals surface area (Å²) in [6.07, 6.45) is 12.9. The van der Waals surface area contributed by atoms with Crippen molar-refractivity contribution in [3.8, 4) is 0 Å². The van der Waals surface area contributed by atoms with E-state index in [-0.39, 0.29) is 0 Å². The van der Waals surface area contributed by atoms with Gasteiger partial charge in [-0.3, -0.25) is 0 Å². The molecule has 0 bridgehead atoms.